The zero-order chi connectivity index (χ0) is 53.5. The van der Waals surface area contributed by atoms with Crippen molar-refractivity contribution < 1.29 is 32.9 Å². The number of hydrogen-bond donors (Lipinski definition) is 2. The van der Waals surface area contributed by atoms with Gasteiger partial charge in [0.25, 0.3) is 7.82 Å². The van der Waals surface area contributed by atoms with Gasteiger partial charge in [-0.3, -0.25) is 9.36 Å². The molecule has 3 atom stereocenters. The molecule has 0 aromatic heterocycles. The van der Waals surface area contributed by atoms with E-state index in [9.17, 15) is 19.4 Å². The maximum absolute atomic E-state index is 12.9. The number of phosphoric ester groups is 1. The summed E-state index contributed by atoms with van der Waals surface area (Å²) in [4.78, 5) is 25.5. The summed E-state index contributed by atoms with van der Waals surface area (Å²) in [6.07, 6.45) is 75.5. The van der Waals surface area contributed by atoms with E-state index >= 15 is 0 Å². The van der Waals surface area contributed by atoms with Crippen LogP contribution in [0.15, 0.2) is 72.9 Å². The van der Waals surface area contributed by atoms with E-state index in [1.54, 1.807) is 0 Å². The van der Waals surface area contributed by atoms with Gasteiger partial charge in [-0.15, -0.1) is 0 Å². The van der Waals surface area contributed by atoms with Crippen molar-refractivity contribution in [2.24, 2.45) is 0 Å². The van der Waals surface area contributed by atoms with Crippen LogP contribution in [0.3, 0.4) is 0 Å². The van der Waals surface area contributed by atoms with Crippen LogP contribution in [0.5, 0.6) is 0 Å². The van der Waals surface area contributed by atoms with E-state index in [4.69, 9.17) is 9.05 Å². The third-order valence-corrected chi connectivity index (χ3v) is 14.7. The second kappa shape index (κ2) is 54.7. The predicted octanol–water partition coefficient (Wildman–Crippen LogP) is 18.4. The number of phosphoric acid groups is 1. The van der Waals surface area contributed by atoms with Gasteiger partial charge >= 0.3 is 0 Å². The highest BCUT2D eigenvalue weighted by Crippen LogP contribution is 2.38. The Balaban J connectivity index is 4.12. The van der Waals surface area contributed by atoms with Gasteiger partial charge in [0.1, 0.15) is 13.2 Å². The first kappa shape index (κ1) is 70.9. The molecule has 0 aliphatic rings. The average molecular weight is 1040 g/mol. The maximum Gasteiger partial charge on any atom is 0.268 e. The first-order valence-corrected chi connectivity index (χ1v) is 32.2. The van der Waals surface area contributed by atoms with Crippen molar-refractivity contribution >= 4 is 13.7 Å². The summed E-state index contributed by atoms with van der Waals surface area (Å²) in [6, 6.07) is -0.847. The van der Waals surface area contributed by atoms with Gasteiger partial charge < -0.3 is 28.8 Å². The molecule has 0 aromatic rings. The van der Waals surface area contributed by atoms with Gasteiger partial charge in [0.2, 0.25) is 5.91 Å². The highest BCUT2D eigenvalue weighted by Gasteiger charge is 2.24. The summed E-state index contributed by atoms with van der Waals surface area (Å²) >= 11 is 0. The zero-order valence-corrected chi connectivity index (χ0v) is 49.5. The summed E-state index contributed by atoms with van der Waals surface area (Å²) in [7, 11) is 1.26. The monoisotopic (exact) mass is 1040 g/mol. The second-order valence-electron chi connectivity index (χ2n) is 22.0. The molecule has 1 amide bonds. The van der Waals surface area contributed by atoms with Crippen molar-refractivity contribution in [3.63, 3.8) is 0 Å². The standard InChI is InChI=1S/C64H119N2O6P/c1-6-8-10-12-14-16-18-20-22-24-26-27-28-29-30-31-32-33-34-35-36-37-38-40-41-43-45-47-49-51-53-55-57-63(67)62(61-72-73(69,70)71-60-59-66(3,4)5)65-64(68)58-56-54-52-50-48-46-44-42-39-25-23-21-19-17-15-13-11-9-7-2/h9,11,15,17,21,23,39,42,46,48,52,54,62-63,67H,6-8,10,12-14,16,18-20,22,24-38,40-41,43-45,47,49-51,53,55-61H2,1-5H3,(H-,65,68,69,70)/b11-9-,17-15-,23-21-,42-39-,48-46-,54-52-. The van der Waals surface area contributed by atoms with E-state index in [-0.39, 0.29) is 25.5 Å². The molecule has 0 saturated carbocycles. The van der Waals surface area contributed by atoms with Crippen LogP contribution < -0.4 is 10.2 Å². The first-order chi connectivity index (χ1) is 35.5. The molecule has 0 spiro atoms. The number of aliphatic hydroxyl groups is 1. The number of hydrogen-bond acceptors (Lipinski definition) is 6. The Labute approximate surface area is 453 Å². The zero-order valence-electron chi connectivity index (χ0n) is 48.6. The Kier molecular flexibility index (Phi) is 53.2. The summed E-state index contributed by atoms with van der Waals surface area (Å²) in [5.74, 6) is -0.245. The van der Waals surface area contributed by atoms with Gasteiger partial charge in [-0.2, -0.15) is 0 Å². The average Bonchev–Trinajstić information content (AvgIpc) is 3.35. The fourth-order valence-corrected chi connectivity index (χ4v) is 9.67. The third kappa shape index (κ3) is 57.5. The molecule has 0 aromatic carbocycles. The fourth-order valence-electron chi connectivity index (χ4n) is 8.95. The molecule has 2 N–H and O–H groups in total. The van der Waals surface area contributed by atoms with Crippen molar-refractivity contribution in [1.29, 1.82) is 0 Å². The quantitative estimate of drug-likeness (QED) is 0.0272. The lowest BCUT2D eigenvalue weighted by Gasteiger charge is -2.30. The first-order valence-electron chi connectivity index (χ1n) is 30.8. The molecule has 0 aliphatic carbocycles. The van der Waals surface area contributed by atoms with E-state index in [1.165, 1.54) is 186 Å². The lowest BCUT2D eigenvalue weighted by molar-refractivity contribution is -0.870. The molecule has 0 radical (unpaired) electrons. The number of rotatable bonds is 56. The lowest BCUT2D eigenvalue weighted by Crippen LogP contribution is -2.46. The molecule has 0 heterocycles. The largest absolute Gasteiger partial charge is 0.756 e. The van der Waals surface area contributed by atoms with Crippen LogP contribution in [0.1, 0.15) is 277 Å². The van der Waals surface area contributed by atoms with Crippen molar-refractivity contribution in [3.8, 4) is 0 Å². The summed E-state index contributed by atoms with van der Waals surface area (Å²) in [6.45, 7) is 4.57. The normalized spacial score (nSPS) is 14.3. The number of unbranched alkanes of at least 4 members (excludes halogenated alkanes) is 31. The van der Waals surface area contributed by atoms with Gasteiger partial charge in [0.15, 0.2) is 0 Å². The van der Waals surface area contributed by atoms with Crippen LogP contribution in [0.25, 0.3) is 0 Å². The van der Waals surface area contributed by atoms with Crippen molar-refractivity contribution in [3.05, 3.63) is 72.9 Å². The number of nitrogens with zero attached hydrogens (tertiary/aromatic N) is 1. The van der Waals surface area contributed by atoms with Gasteiger partial charge in [0, 0.05) is 6.42 Å². The summed E-state index contributed by atoms with van der Waals surface area (Å²) in [5, 5.41) is 14.0. The Hall–Kier alpha value is -2.06. The van der Waals surface area contributed by atoms with Crippen molar-refractivity contribution in [1.82, 2.24) is 5.32 Å². The number of quaternary nitrogens is 1. The molecule has 9 heteroatoms. The van der Waals surface area contributed by atoms with E-state index in [2.05, 4.69) is 79.9 Å². The molecule has 73 heavy (non-hydrogen) atoms. The molecule has 3 unspecified atom stereocenters. The number of allylic oxidation sites excluding steroid dienone is 12. The van der Waals surface area contributed by atoms with Crippen molar-refractivity contribution in [2.75, 3.05) is 40.9 Å². The minimum absolute atomic E-state index is 0.00445. The minimum Gasteiger partial charge on any atom is -0.756 e. The van der Waals surface area contributed by atoms with Crippen LogP contribution in [0.2, 0.25) is 0 Å². The Morgan fingerprint density at radius 3 is 1.14 bits per heavy atom. The minimum atomic E-state index is -4.60. The van der Waals surface area contributed by atoms with Gasteiger partial charge in [-0.05, 0) is 51.4 Å². The van der Waals surface area contributed by atoms with Gasteiger partial charge in [-0.1, -0.05) is 292 Å². The van der Waals surface area contributed by atoms with Crippen LogP contribution in [-0.2, 0) is 18.4 Å². The van der Waals surface area contributed by atoms with Gasteiger partial charge in [-0.25, -0.2) is 0 Å². The van der Waals surface area contributed by atoms with Crippen LogP contribution in [0, 0.1) is 0 Å². The molecule has 426 valence electrons. The number of likely N-dealkylation sites (N-methyl/N-ethyl adjacent to an activating group) is 1. The number of carbonyl (C=O) groups excluding carboxylic acids is 1. The molecule has 0 fully saturated rings. The fraction of sp³-hybridized carbons (Fsp3) is 0.797. The number of aliphatic hydroxyl groups excluding tert-OH is 1. The maximum atomic E-state index is 12.9. The molecule has 0 bridgehead atoms. The lowest BCUT2D eigenvalue weighted by atomic mass is 10.0. The van der Waals surface area contributed by atoms with E-state index in [0.29, 0.717) is 23.9 Å². The SMILES string of the molecule is CC/C=C\C/C=C\C/C=C\C/C=C\C/C=C\C/C=C\CCC(=O)NC(COP(=O)([O-])OCC[N+](C)(C)C)C(O)CCCCCCCCCCCCCCCCCCCCCCCCCCCCCCCCCC. The number of nitrogens with one attached hydrogen (secondary N) is 1. The van der Waals surface area contributed by atoms with Crippen molar-refractivity contribution in [2.45, 2.75) is 289 Å². The van der Waals surface area contributed by atoms with Crippen LogP contribution in [-0.4, -0.2) is 68.5 Å². The Morgan fingerprint density at radius 2 is 0.808 bits per heavy atom. The Bertz CT molecular complexity index is 1420. The molecular formula is C64H119N2O6P. The Morgan fingerprint density at radius 1 is 0.493 bits per heavy atom. The number of carbonyl (C=O) groups is 1. The van der Waals surface area contributed by atoms with Crippen LogP contribution in [0.4, 0.5) is 0 Å². The molecule has 8 nitrogen and oxygen atoms in total. The molecule has 0 rings (SSSR count). The predicted molar refractivity (Wildman–Crippen MR) is 316 cm³/mol. The van der Waals surface area contributed by atoms with Crippen LogP contribution >= 0.6 is 7.82 Å². The van der Waals surface area contributed by atoms with E-state index in [1.807, 2.05) is 33.3 Å². The third-order valence-electron chi connectivity index (χ3n) is 13.7. The highest BCUT2D eigenvalue weighted by atomic mass is 31.2. The van der Waals surface area contributed by atoms with Gasteiger partial charge in [0.05, 0.1) is 39.9 Å². The molecule has 0 saturated heterocycles. The molecule has 0 aliphatic heterocycles. The van der Waals surface area contributed by atoms with E-state index in [0.717, 1.165) is 57.8 Å². The second-order valence-corrected chi connectivity index (χ2v) is 23.4. The number of amides is 1. The topological polar surface area (TPSA) is 108 Å². The summed E-state index contributed by atoms with van der Waals surface area (Å²) in [5.41, 5.74) is 0. The van der Waals surface area contributed by atoms with E-state index < -0.39 is 20.0 Å². The molecular weight excluding hydrogens is 924 g/mol. The highest BCUT2D eigenvalue weighted by molar-refractivity contribution is 7.45. The summed E-state index contributed by atoms with van der Waals surface area (Å²) < 4.78 is 23.4. The smallest absolute Gasteiger partial charge is 0.268 e.